The Balaban J connectivity index is 1.80. The van der Waals surface area contributed by atoms with Crippen molar-refractivity contribution in [3.05, 3.63) is 36.2 Å². The van der Waals surface area contributed by atoms with Gasteiger partial charge >= 0.3 is 0 Å². The van der Waals surface area contributed by atoms with E-state index >= 15 is 0 Å². The maximum atomic E-state index is 12.0. The van der Waals surface area contributed by atoms with Crippen molar-refractivity contribution in [1.29, 1.82) is 0 Å². The number of pyridine rings is 1. The smallest absolute Gasteiger partial charge is 0.251 e. The second-order valence-electron chi connectivity index (χ2n) is 4.96. The summed E-state index contributed by atoms with van der Waals surface area (Å²) in [5, 5.41) is 13.8. The Bertz CT molecular complexity index is 662. The third kappa shape index (κ3) is 4.80. The van der Waals surface area contributed by atoms with E-state index in [1.54, 1.807) is 18.3 Å². The Labute approximate surface area is 134 Å². The average Bonchev–Trinajstić information content (AvgIpc) is 2.58. The second kappa shape index (κ2) is 7.92. The quantitative estimate of drug-likeness (QED) is 0.729. The number of nitrogens with one attached hydrogen (secondary N) is 2. The zero-order valence-corrected chi connectivity index (χ0v) is 13.4. The lowest BCUT2D eigenvalue weighted by Gasteiger charge is -2.13. The van der Waals surface area contributed by atoms with Gasteiger partial charge in [-0.25, -0.2) is 4.98 Å². The summed E-state index contributed by atoms with van der Waals surface area (Å²) >= 11 is 0. The van der Waals surface area contributed by atoms with Crippen LogP contribution in [0.3, 0.4) is 0 Å². The third-order valence-corrected chi connectivity index (χ3v) is 3.08. The van der Waals surface area contributed by atoms with E-state index in [2.05, 4.69) is 25.8 Å². The Morgan fingerprint density at radius 1 is 1.30 bits per heavy atom. The summed E-state index contributed by atoms with van der Waals surface area (Å²) in [6, 6.07) is 5.12. The highest BCUT2D eigenvalue weighted by molar-refractivity contribution is 5.94. The molecule has 2 N–H and O–H groups in total. The maximum absolute atomic E-state index is 12.0. The Morgan fingerprint density at radius 3 is 2.87 bits per heavy atom. The minimum atomic E-state index is -0.180. The van der Waals surface area contributed by atoms with Crippen LogP contribution in [-0.4, -0.2) is 55.4 Å². The van der Waals surface area contributed by atoms with E-state index in [4.69, 9.17) is 4.74 Å². The van der Waals surface area contributed by atoms with Crippen LogP contribution in [0.4, 0.5) is 11.5 Å². The van der Waals surface area contributed by atoms with Gasteiger partial charge in [0.25, 0.3) is 5.91 Å². The number of anilines is 2. The fraction of sp³-hybridized carbons (Fsp3) is 0.333. The van der Waals surface area contributed by atoms with Crippen molar-refractivity contribution in [2.75, 3.05) is 44.5 Å². The molecule has 0 unspecified atom stereocenters. The number of carbonyl (C=O) groups is 1. The normalized spacial score (nSPS) is 10.0. The van der Waals surface area contributed by atoms with E-state index in [1.165, 1.54) is 13.3 Å². The summed E-state index contributed by atoms with van der Waals surface area (Å²) < 4.78 is 5.00. The molecular formula is C15H20N6O2. The lowest BCUT2D eigenvalue weighted by Crippen LogP contribution is -2.29. The predicted octanol–water partition coefficient (Wildman–Crippen LogP) is 0.788. The Kier molecular flexibility index (Phi) is 5.67. The summed E-state index contributed by atoms with van der Waals surface area (Å²) in [4.78, 5) is 17.9. The molecule has 2 aromatic heterocycles. The molecular weight excluding hydrogens is 296 g/mol. The van der Waals surface area contributed by atoms with Crippen molar-refractivity contribution < 1.29 is 9.53 Å². The molecule has 0 bridgehead atoms. The van der Waals surface area contributed by atoms with Crippen molar-refractivity contribution in [2.24, 2.45) is 0 Å². The van der Waals surface area contributed by atoms with Crippen molar-refractivity contribution in [3.63, 3.8) is 0 Å². The molecule has 0 radical (unpaired) electrons. The number of rotatable bonds is 7. The predicted molar refractivity (Wildman–Crippen MR) is 88.0 cm³/mol. The van der Waals surface area contributed by atoms with Gasteiger partial charge in [-0.3, -0.25) is 4.79 Å². The van der Waals surface area contributed by atoms with Crippen molar-refractivity contribution in [2.45, 2.75) is 0 Å². The summed E-state index contributed by atoms with van der Waals surface area (Å²) in [7, 11) is 5.38. The molecule has 0 saturated heterocycles. The van der Waals surface area contributed by atoms with Gasteiger partial charge in [-0.15, -0.1) is 5.10 Å². The molecule has 0 aliphatic rings. The van der Waals surface area contributed by atoms with Crippen LogP contribution in [0.15, 0.2) is 30.6 Å². The van der Waals surface area contributed by atoms with Gasteiger partial charge in [-0.05, 0) is 6.07 Å². The van der Waals surface area contributed by atoms with Crippen LogP contribution < -0.4 is 20.3 Å². The largest absolute Gasteiger partial charge is 0.481 e. The zero-order chi connectivity index (χ0) is 16.7. The highest BCUT2D eigenvalue weighted by Crippen LogP contribution is 2.12. The average molecular weight is 316 g/mol. The van der Waals surface area contributed by atoms with Crippen LogP contribution in [0.25, 0.3) is 0 Å². The van der Waals surface area contributed by atoms with Crippen LogP contribution in [0, 0.1) is 0 Å². The molecule has 0 spiro atoms. The van der Waals surface area contributed by atoms with Gasteiger partial charge in [0.2, 0.25) is 5.88 Å². The monoisotopic (exact) mass is 316 g/mol. The molecule has 0 aliphatic carbocycles. The van der Waals surface area contributed by atoms with Gasteiger partial charge in [-0.1, -0.05) is 0 Å². The van der Waals surface area contributed by atoms with Crippen LogP contribution in [0.2, 0.25) is 0 Å². The molecule has 122 valence electrons. The maximum Gasteiger partial charge on any atom is 0.251 e. The van der Waals surface area contributed by atoms with E-state index in [0.717, 1.165) is 5.69 Å². The SMILES string of the molecule is COc1cc(C(=O)NCCNc2cc(N(C)C)cnn2)ccn1. The first-order chi connectivity index (χ1) is 11.1. The highest BCUT2D eigenvalue weighted by atomic mass is 16.5. The van der Waals surface area contributed by atoms with E-state index in [9.17, 15) is 4.79 Å². The van der Waals surface area contributed by atoms with Gasteiger partial charge in [0.05, 0.1) is 19.0 Å². The lowest BCUT2D eigenvalue weighted by atomic mass is 10.2. The first-order valence-electron chi connectivity index (χ1n) is 7.12. The van der Waals surface area contributed by atoms with Crippen molar-refractivity contribution in [1.82, 2.24) is 20.5 Å². The van der Waals surface area contributed by atoms with E-state index in [0.29, 0.717) is 30.4 Å². The van der Waals surface area contributed by atoms with E-state index in [1.807, 2.05) is 25.1 Å². The molecule has 0 aliphatic heterocycles. The fourth-order valence-corrected chi connectivity index (χ4v) is 1.82. The number of aromatic nitrogens is 3. The lowest BCUT2D eigenvalue weighted by molar-refractivity contribution is 0.0954. The zero-order valence-electron chi connectivity index (χ0n) is 13.4. The summed E-state index contributed by atoms with van der Waals surface area (Å²) in [5.41, 5.74) is 1.46. The number of hydrogen-bond donors (Lipinski definition) is 2. The molecule has 2 rings (SSSR count). The number of nitrogens with zero attached hydrogens (tertiary/aromatic N) is 4. The first-order valence-corrected chi connectivity index (χ1v) is 7.12. The van der Waals surface area contributed by atoms with Crippen LogP contribution >= 0.6 is 0 Å². The molecule has 0 atom stereocenters. The molecule has 8 heteroatoms. The topological polar surface area (TPSA) is 92.3 Å². The minimum absolute atomic E-state index is 0.180. The number of methoxy groups -OCH3 is 1. The van der Waals surface area contributed by atoms with Gasteiger partial charge in [-0.2, -0.15) is 5.10 Å². The number of amides is 1. The van der Waals surface area contributed by atoms with E-state index < -0.39 is 0 Å². The summed E-state index contributed by atoms with van der Waals surface area (Å²) in [6.45, 7) is 0.997. The molecule has 0 fully saturated rings. The fourth-order valence-electron chi connectivity index (χ4n) is 1.82. The molecule has 2 heterocycles. The molecule has 0 saturated carbocycles. The molecule has 0 aromatic carbocycles. The van der Waals surface area contributed by atoms with Crippen LogP contribution in [0.1, 0.15) is 10.4 Å². The van der Waals surface area contributed by atoms with Gasteiger partial charge in [0, 0.05) is 51.1 Å². The van der Waals surface area contributed by atoms with Crippen LogP contribution in [-0.2, 0) is 0 Å². The third-order valence-electron chi connectivity index (χ3n) is 3.08. The summed E-state index contributed by atoms with van der Waals surface area (Å²) in [5.74, 6) is 0.892. The Morgan fingerprint density at radius 2 is 2.13 bits per heavy atom. The van der Waals surface area contributed by atoms with Crippen LogP contribution in [0.5, 0.6) is 5.88 Å². The molecule has 2 aromatic rings. The standard InChI is InChI=1S/C15H20N6O2/c1-21(2)12-9-13(20-19-10-12)16-6-7-18-15(22)11-4-5-17-14(8-11)23-3/h4-5,8-10H,6-7H2,1-3H3,(H,16,20)(H,18,22). The van der Waals surface area contributed by atoms with E-state index in [-0.39, 0.29) is 5.91 Å². The van der Waals surface area contributed by atoms with Gasteiger partial charge in [0.15, 0.2) is 5.82 Å². The van der Waals surface area contributed by atoms with Crippen molar-refractivity contribution in [3.8, 4) is 5.88 Å². The highest BCUT2D eigenvalue weighted by Gasteiger charge is 2.06. The molecule has 1 amide bonds. The number of carbonyl (C=O) groups excluding carboxylic acids is 1. The van der Waals surface area contributed by atoms with Gasteiger partial charge < -0.3 is 20.3 Å². The molecule has 23 heavy (non-hydrogen) atoms. The Hall–Kier alpha value is -2.90. The molecule has 8 nitrogen and oxygen atoms in total. The second-order valence-corrected chi connectivity index (χ2v) is 4.96. The minimum Gasteiger partial charge on any atom is -0.481 e. The van der Waals surface area contributed by atoms with Gasteiger partial charge in [0.1, 0.15) is 0 Å². The van der Waals surface area contributed by atoms with Crippen molar-refractivity contribution >= 4 is 17.4 Å². The summed E-state index contributed by atoms with van der Waals surface area (Å²) in [6.07, 6.45) is 3.22. The first kappa shape index (κ1) is 16.5. The number of ether oxygens (including phenoxy) is 1. The number of hydrogen-bond acceptors (Lipinski definition) is 7.